The maximum absolute atomic E-state index is 12.5. The predicted octanol–water partition coefficient (Wildman–Crippen LogP) is 9.50. The normalized spacial score (nSPS) is 15.3. The van der Waals surface area contributed by atoms with Crippen LogP contribution in [0.5, 0.6) is 0 Å². The first-order valence-corrected chi connectivity index (χ1v) is 30.6. The summed E-state index contributed by atoms with van der Waals surface area (Å²) >= 11 is 0. The maximum atomic E-state index is 12.5. The van der Waals surface area contributed by atoms with Crippen molar-refractivity contribution in [3.8, 4) is 0 Å². The molecule has 6 aromatic rings. The first kappa shape index (κ1) is 74.0. The molecule has 4 amide bonds. The van der Waals surface area contributed by atoms with Crippen molar-refractivity contribution in [3.05, 3.63) is 107 Å². The van der Waals surface area contributed by atoms with E-state index in [1.807, 2.05) is 87.3 Å². The van der Waals surface area contributed by atoms with E-state index in [0.717, 1.165) is 52.1 Å². The van der Waals surface area contributed by atoms with E-state index >= 15 is 0 Å². The fourth-order valence-corrected chi connectivity index (χ4v) is 9.32. The van der Waals surface area contributed by atoms with Crippen molar-refractivity contribution >= 4 is 80.6 Å². The minimum atomic E-state index is -0.955. The predicted molar refractivity (Wildman–Crippen MR) is 343 cm³/mol. The molecule has 0 radical (unpaired) electrons. The van der Waals surface area contributed by atoms with Crippen LogP contribution in [0.3, 0.4) is 0 Å². The van der Waals surface area contributed by atoms with Gasteiger partial charge in [-0.25, -0.2) is 28.8 Å². The number of aliphatic hydroxyl groups excluding tert-OH is 2. The van der Waals surface area contributed by atoms with Crippen molar-refractivity contribution in [2.75, 3.05) is 33.0 Å². The molecule has 3 aromatic carbocycles. The van der Waals surface area contributed by atoms with Crippen molar-refractivity contribution in [2.24, 2.45) is 5.73 Å². The van der Waals surface area contributed by atoms with Crippen LogP contribution in [0, 0.1) is 0 Å². The number of aryl methyl sites for hydroxylation is 3. The molecule has 0 saturated carbocycles. The molecule has 494 valence electrons. The summed E-state index contributed by atoms with van der Waals surface area (Å²) < 4.78 is 31.3. The number of nitrogens with zero attached hydrogens (tertiary/aromatic N) is 3. The highest BCUT2D eigenvalue weighted by molar-refractivity contribution is 6.03. The number of aromatic carboxylic acids is 1. The molecule has 0 spiro atoms. The number of nitrogens with two attached hydrogens (primary N) is 1. The zero-order valence-corrected chi connectivity index (χ0v) is 54.6. The van der Waals surface area contributed by atoms with Gasteiger partial charge in [0.15, 0.2) is 0 Å². The number of hydrogen-bond donors (Lipinski definition) is 8. The number of esters is 3. The number of carboxylic acid groups (broad SMARTS) is 1. The molecular weight excluding hydrogens is 1160 g/mol. The molecule has 90 heavy (non-hydrogen) atoms. The van der Waals surface area contributed by atoms with Crippen LogP contribution < -0.4 is 27.0 Å². The molecule has 8 rings (SSSR count). The van der Waals surface area contributed by atoms with Crippen LogP contribution in [0.4, 0.5) is 9.59 Å². The summed E-state index contributed by atoms with van der Waals surface area (Å²) in [7, 11) is 0. The standard InChI is InChI=1S/C23H32N2O6.C16H18N2O3.C14H14N2O3.C9H19NO3.C4H11NO/c1-7-29-20(26)17-10-9-16-13-19(21(27)30-8-2)25(18(16)14-17)12-11-15(3)24-22(28)31-23(4,5)6;1-3-21-16(20)12-5-4-11-8-14-15(19)17-10(2)6-7-18(14)13(11)9-12;1-8-4-5-16-11-7-10(14(18)19)3-2-9(11)6-12(16)13(17)15-8;1-7(5-6-11)10-8(12)13-9(2,3)4;1-4(5)2-3-6/h9-10,13-15H,7-8,11-12H2,1-6H3,(H,24,28);4-5,8-10H,3,6-7H2,1-2H3,(H,17,19);2-3,6-8H,4-5H2,1H3,(H,15,17)(H,18,19);7,11H,5-6H2,1-4H3,(H,10,12);4,6H,2-3,5H2,1H3. The first-order chi connectivity index (χ1) is 42.3. The molecule has 5 heterocycles. The maximum Gasteiger partial charge on any atom is 0.407 e. The van der Waals surface area contributed by atoms with E-state index in [1.54, 1.807) is 96.1 Å². The molecule has 2 aliphatic rings. The van der Waals surface area contributed by atoms with Crippen LogP contribution in [0.15, 0.2) is 72.8 Å². The molecule has 3 aromatic heterocycles. The highest BCUT2D eigenvalue weighted by atomic mass is 16.6. The van der Waals surface area contributed by atoms with Gasteiger partial charge < -0.3 is 79.7 Å². The number of rotatable bonds is 16. The average molecular weight is 1260 g/mol. The highest BCUT2D eigenvalue weighted by Gasteiger charge is 2.26. The average Bonchev–Trinajstić information content (AvgIpc) is 1.67. The molecule has 0 saturated heterocycles. The third-order valence-corrected chi connectivity index (χ3v) is 13.7. The number of aliphatic hydroxyl groups is 2. The third kappa shape index (κ3) is 22.8. The van der Waals surface area contributed by atoms with Crippen molar-refractivity contribution < 1.29 is 77.4 Å². The van der Waals surface area contributed by atoms with Gasteiger partial charge in [-0.1, -0.05) is 18.2 Å². The van der Waals surface area contributed by atoms with Crippen molar-refractivity contribution in [1.29, 1.82) is 0 Å². The van der Waals surface area contributed by atoms with Crippen LogP contribution in [-0.2, 0) is 43.3 Å². The smallest absolute Gasteiger partial charge is 0.407 e. The SMILES string of the molecule is CC(CCO)NC(=O)OC(C)(C)C.CC(N)CCO.CC1CCn2c(cc3ccc(C(=O)O)cc32)C(=O)N1.CCOC(=O)c1ccc2cc(C(=O)OCC)n(CCC(C)NC(=O)OC(C)(C)C)c2c1.CCOC(=O)c1ccc2cc3n(c2c1)CCC(C)NC3=O. The van der Waals surface area contributed by atoms with Crippen molar-refractivity contribution in [3.63, 3.8) is 0 Å². The lowest BCUT2D eigenvalue weighted by atomic mass is 10.1. The molecule has 0 bridgehead atoms. The van der Waals surface area contributed by atoms with E-state index in [-0.39, 0.29) is 80.0 Å². The number of hydrogen-bond acceptors (Lipinski definition) is 16. The minimum absolute atomic E-state index is 0.0557. The summed E-state index contributed by atoms with van der Waals surface area (Å²) in [4.78, 5) is 94.9. The molecule has 0 fully saturated rings. The van der Waals surface area contributed by atoms with Crippen LogP contribution in [0.25, 0.3) is 32.7 Å². The van der Waals surface area contributed by atoms with E-state index in [4.69, 9.17) is 44.7 Å². The molecule has 24 heteroatoms. The topological polar surface area (TPSA) is 332 Å². The summed E-state index contributed by atoms with van der Waals surface area (Å²) in [5.41, 5.74) is 9.42. The molecule has 5 unspecified atom stereocenters. The molecule has 24 nitrogen and oxygen atoms in total. The van der Waals surface area contributed by atoms with Gasteiger partial charge in [0.1, 0.15) is 28.3 Å². The number of aromatic nitrogens is 3. The number of carbonyl (C=O) groups excluding carboxylic acids is 7. The summed E-state index contributed by atoms with van der Waals surface area (Å²) in [6, 6.07) is 21.1. The van der Waals surface area contributed by atoms with Gasteiger partial charge in [-0.05, 0) is 184 Å². The second kappa shape index (κ2) is 34.5. The molecule has 9 N–H and O–H groups in total. The zero-order chi connectivity index (χ0) is 67.2. The number of alkyl carbamates (subject to hydrolysis) is 2. The van der Waals surface area contributed by atoms with Gasteiger partial charge in [-0.3, -0.25) is 9.59 Å². The highest BCUT2D eigenvalue weighted by Crippen LogP contribution is 2.27. The summed E-state index contributed by atoms with van der Waals surface area (Å²) in [6.07, 6.45) is 2.56. The Kier molecular flexibility index (Phi) is 28.3. The molecule has 5 atom stereocenters. The fraction of sp³-hybridized carbons (Fsp3) is 0.515. The Morgan fingerprint density at radius 2 is 0.967 bits per heavy atom. The third-order valence-electron chi connectivity index (χ3n) is 13.7. The number of benzene rings is 3. The Labute approximate surface area is 526 Å². The van der Waals surface area contributed by atoms with Gasteiger partial charge >= 0.3 is 36.1 Å². The Balaban J connectivity index is 0.000000258. The van der Waals surface area contributed by atoms with Crippen molar-refractivity contribution in [2.45, 2.75) is 190 Å². The molecular formula is C66H94N8O16. The van der Waals surface area contributed by atoms with E-state index in [0.29, 0.717) is 67.2 Å². The molecule has 2 aliphatic heterocycles. The van der Waals surface area contributed by atoms with Crippen LogP contribution in [-0.4, -0.2) is 151 Å². The lowest BCUT2D eigenvalue weighted by molar-refractivity contribution is 0.0490. The first-order valence-electron chi connectivity index (χ1n) is 30.6. The van der Waals surface area contributed by atoms with E-state index in [2.05, 4.69) is 21.3 Å². The van der Waals surface area contributed by atoms with Crippen LogP contribution in [0.2, 0.25) is 0 Å². The summed E-state index contributed by atoms with van der Waals surface area (Å²) in [5, 5.41) is 39.8. The van der Waals surface area contributed by atoms with Gasteiger partial charge in [0.2, 0.25) is 0 Å². The number of nitrogens with one attached hydrogen (secondary N) is 4. The van der Waals surface area contributed by atoms with E-state index in [1.165, 1.54) is 0 Å². The summed E-state index contributed by atoms with van der Waals surface area (Å²) in [5.74, 6) is -2.31. The van der Waals surface area contributed by atoms with Crippen molar-refractivity contribution in [1.82, 2.24) is 35.0 Å². The number of carboxylic acids is 1. The second-order valence-electron chi connectivity index (χ2n) is 24.0. The fourth-order valence-electron chi connectivity index (χ4n) is 9.32. The van der Waals surface area contributed by atoms with Crippen LogP contribution >= 0.6 is 0 Å². The van der Waals surface area contributed by atoms with Gasteiger partial charge in [-0.2, -0.15) is 0 Å². The Morgan fingerprint density at radius 3 is 1.36 bits per heavy atom. The van der Waals surface area contributed by atoms with Gasteiger partial charge in [0, 0.05) is 95.8 Å². The Hall–Kier alpha value is -8.48. The number of ether oxygens (including phenoxy) is 5. The number of carbonyl (C=O) groups is 8. The zero-order valence-electron chi connectivity index (χ0n) is 54.6. The second-order valence-corrected chi connectivity index (χ2v) is 24.0. The van der Waals surface area contributed by atoms with E-state index in [9.17, 15) is 38.4 Å². The Bertz CT molecular complexity index is 3420. The largest absolute Gasteiger partial charge is 0.478 e. The number of fused-ring (bicyclic) bond motifs is 7. The van der Waals surface area contributed by atoms with Gasteiger partial charge in [-0.15, -0.1) is 0 Å². The number of amides is 4. The lowest BCUT2D eigenvalue weighted by Crippen LogP contribution is -2.38. The quantitative estimate of drug-likeness (QED) is 0.0330. The summed E-state index contributed by atoms with van der Waals surface area (Å²) in [6.45, 7) is 28.7. The van der Waals surface area contributed by atoms with Gasteiger partial charge in [0.25, 0.3) is 11.8 Å². The lowest BCUT2D eigenvalue weighted by Gasteiger charge is -2.22. The minimum Gasteiger partial charge on any atom is -0.478 e. The van der Waals surface area contributed by atoms with E-state index < -0.39 is 41.3 Å². The van der Waals surface area contributed by atoms with Crippen LogP contribution in [0.1, 0.15) is 192 Å². The molecule has 0 aliphatic carbocycles. The monoisotopic (exact) mass is 1250 g/mol. The van der Waals surface area contributed by atoms with Gasteiger partial charge in [0.05, 0.1) is 36.5 Å². The Morgan fingerprint density at radius 1 is 0.578 bits per heavy atom.